The molecule has 1 amide bonds. The molecule has 11 heavy (non-hydrogen) atoms. The van der Waals surface area contributed by atoms with E-state index in [1.165, 1.54) is 0 Å². The number of hydrogen-bond donors (Lipinski definition) is 3. The molecule has 5 heteroatoms. The highest BCUT2D eigenvalue weighted by molar-refractivity contribution is 5.64. The lowest BCUT2D eigenvalue weighted by molar-refractivity contribution is 0.194. The SMILES string of the molecule is O=C(O)NCCc1ncc[nH]1. The van der Waals surface area contributed by atoms with Gasteiger partial charge in [-0.15, -0.1) is 0 Å². The number of aromatic nitrogens is 2. The minimum Gasteiger partial charge on any atom is -0.465 e. The summed E-state index contributed by atoms with van der Waals surface area (Å²) in [7, 11) is 0. The molecule has 0 fully saturated rings. The molecule has 0 saturated carbocycles. The summed E-state index contributed by atoms with van der Waals surface area (Å²) >= 11 is 0. The van der Waals surface area contributed by atoms with Crippen LogP contribution in [0.3, 0.4) is 0 Å². The fourth-order valence-electron chi connectivity index (χ4n) is 0.723. The van der Waals surface area contributed by atoms with Gasteiger partial charge in [0.15, 0.2) is 0 Å². The molecule has 0 atom stereocenters. The molecule has 1 aromatic rings. The van der Waals surface area contributed by atoms with Gasteiger partial charge in [0.2, 0.25) is 0 Å². The molecule has 0 aliphatic heterocycles. The van der Waals surface area contributed by atoms with E-state index in [0.717, 1.165) is 5.82 Å². The summed E-state index contributed by atoms with van der Waals surface area (Å²) in [5.41, 5.74) is 0. The first kappa shape index (κ1) is 7.59. The molecule has 1 rings (SSSR count). The molecule has 0 bridgehead atoms. The molecular formula is C6H9N3O2. The summed E-state index contributed by atoms with van der Waals surface area (Å²) in [6, 6.07) is 0. The second kappa shape index (κ2) is 3.60. The molecule has 0 unspecified atom stereocenters. The topological polar surface area (TPSA) is 78.0 Å². The molecule has 1 heterocycles. The normalized spacial score (nSPS) is 9.45. The number of carbonyl (C=O) groups is 1. The Morgan fingerprint density at radius 2 is 2.64 bits per heavy atom. The van der Waals surface area contributed by atoms with Crippen LogP contribution in [0.1, 0.15) is 5.82 Å². The van der Waals surface area contributed by atoms with Crippen molar-refractivity contribution < 1.29 is 9.90 Å². The van der Waals surface area contributed by atoms with Gasteiger partial charge in [0.25, 0.3) is 0 Å². The minimum absolute atomic E-state index is 0.392. The van der Waals surface area contributed by atoms with Crippen molar-refractivity contribution in [1.82, 2.24) is 15.3 Å². The van der Waals surface area contributed by atoms with Crippen LogP contribution < -0.4 is 5.32 Å². The molecule has 0 aliphatic carbocycles. The quantitative estimate of drug-likeness (QED) is 0.584. The third-order valence-corrected chi connectivity index (χ3v) is 1.19. The lowest BCUT2D eigenvalue weighted by Crippen LogP contribution is -2.23. The van der Waals surface area contributed by atoms with E-state index < -0.39 is 6.09 Å². The summed E-state index contributed by atoms with van der Waals surface area (Å²) in [4.78, 5) is 16.8. The first-order valence-electron chi connectivity index (χ1n) is 3.24. The fraction of sp³-hybridized carbons (Fsp3) is 0.333. The predicted molar refractivity (Wildman–Crippen MR) is 38.3 cm³/mol. The zero-order valence-corrected chi connectivity index (χ0v) is 5.87. The van der Waals surface area contributed by atoms with Gasteiger partial charge < -0.3 is 15.4 Å². The van der Waals surface area contributed by atoms with Crippen molar-refractivity contribution in [2.45, 2.75) is 6.42 Å². The van der Waals surface area contributed by atoms with Gasteiger partial charge in [0.1, 0.15) is 5.82 Å². The van der Waals surface area contributed by atoms with Crippen molar-refractivity contribution >= 4 is 6.09 Å². The van der Waals surface area contributed by atoms with E-state index in [0.29, 0.717) is 13.0 Å². The molecule has 5 nitrogen and oxygen atoms in total. The van der Waals surface area contributed by atoms with Crippen LogP contribution >= 0.6 is 0 Å². The fourth-order valence-corrected chi connectivity index (χ4v) is 0.723. The van der Waals surface area contributed by atoms with Crippen LogP contribution in [0.2, 0.25) is 0 Å². The van der Waals surface area contributed by atoms with Gasteiger partial charge in [0, 0.05) is 25.4 Å². The molecule has 0 spiro atoms. The van der Waals surface area contributed by atoms with E-state index in [1.807, 2.05) is 0 Å². The zero-order chi connectivity index (χ0) is 8.10. The van der Waals surface area contributed by atoms with Crippen LogP contribution in [0.25, 0.3) is 0 Å². The van der Waals surface area contributed by atoms with Crippen molar-refractivity contribution in [2.75, 3.05) is 6.54 Å². The van der Waals surface area contributed by atoms with Crippen LogP contribution in [0.15, 0.2) is 12.4 Å². The number of H-pyrrole nitrogens is 1. The first-order valence-corrected chi connectivity index (χ1v) is 3.24. The number of nitrogens with one attached hydrogen (secondary N) is 2. The van der Waals surface area contributed by atoms with Gasteiger partial charge in [-0.1, -0.05) is 0 Å². The van der Waals surface area contributed by atoms with Crippen molar-refractivity contribution in [3.63, 3.8) is 0 Å². The minimum atomic E-state index is -1.00. The number of imidazole rings is 1. The average Bonchev–Trinajstić information content (AvgIpc) is 2.39. The molecule has 0 radical (unpaired) electrons. The van der Waals surface area contributed by atoms with Gasteiger partial charge in [-0.05, 0) is 0 Å². The van der Waals surface area contributed by atoms with Gasteiger partial charge in [0.05, 0.1) is 0 Å². The monoisotopic (exact) mass is 155 g/mol. The number of hydrogen-bond acceptors (Lipinski definition) is 2. The van der Waals surface area contributed by atoms with Crippen LogP contribution in [-0.2, 0) is 6.42 Å². The van der Waals surface area contributed by atoms with Gasteiger partial charge in [-0.25, -0.2) is 9.78 Å². The molecule has 0 saturated heterocycles. The predicted octanol–water partition coefficient (Wildman–Crippen LogP) is 0.220. The number of rotatable bonds is 3. The number of aromatic amines is 1. The highest BCUT2D eigenvalue weighted by Crippen LogP contribution is 1.87. The van der Waals surface area contributed by atoms with Crippen molar-refractivity contribution in [3.05, 3.63) is 18.2 Å². The van der Waals surface area contributed by atoms with Gasteiger partial charge >= 0.3 is 6.09 Å². The van der Waals surface area contributed by atoms with E-state index in [2.05, 4.69) is 15.3 Å². The van der Waals surface area contributed by atoms with Crippen molar-refractivity contribution in [3.8, 4) is 0 Å². The van der Waals surface area contributed by atoms with E-state index in [9.17, 15) is 4.79 Å². The smallest absolute Gasteiger partial charge is 0.404 e. The Morgan fingerprint density at radius 3 is 3.18 bits per heavy atom. The summed E-state index contributed by atoms with van der Waals surface area (Å²) in [6.07, 6.45) is 2.93. The molecule has 0 aromatic carbocycles. The lowest BCUT2D eigenvalue weighted by Gasteiger charge is -1.96. The maximum absolute atomic E-state index is 9.99. The van der Waals surface area contributed by atoms with Crippen molar-refractivity contribution in [2.24, 2.45) is 0 Å². The maximum atomic E-state index is 9.99. The number of amides is 1. The van der Waals surface area contributed by atoms with Crippen molar-refractivity contribution in [1.29, 1.82) is 0 Å². The summed E-state index contributed by atoms with van der Waals surface area (Å²) in [5, 5.41) is 10.4. The second-order valence-corrected chi connectivity index (χ2v) is 2.02. The second-order valence-electron chi connectivity index (χ2n) is 2.02. The Kier molecular flexibility index (Phi) is 2.48. The third kappa shape index (κ3) is 2.70. The third-order valence-electron chi connectivity index (χ3n) is 1.19. The first-order chi connectivity index (χ1) is 5.29. The summed E-state index contributed by atoms with van der Waals surface area (Å²) < 4.78 is 0. The highest BCUT2D eigenvalue weighted by atomic mass is 16.4. The lowest BCUT2D eigenvalue weighted by atomic mass is 10.4. The molecular weight excluding hydrogens is 146 g/mol. The van der Waals surface area contributed by atoms with E-state index in [1.54, 1.807) is 12.4 Å². The summed E-state index contributed by atoms with van der Waals surface area (Å²) in [5.74, 6) is 0.791. The van der Waals surface area contributed by atoms with Crippen LogP contribution in [0.4, 0.5) is 4.79 Å². The molecule has 1 aromatic heterocycles. The Bertz CT molecular complexity index is 220. The largest absolute Gasteiger partial charge is 0.465 e. The maximum Gasteiger partial charge on any atom is 0.404 e. The Labute approximate surface area is 63.5 Å². The Balaban J connectivity index is 2.19. The van der Waals surface area contributed by atoms with Gasteiger partial charge in [-0.3, -0.25) is 0 Å². The van der Waals surface area contributed by atoms with E-state index >= 15 is 0 Å². The summed E-state index contributed by atoms with van der Waals surface area (Å²) in [6.45, 7) is 0.392. The number of nitrogens with zero attached hydrogens (tertiary/aromatic N) is 1. The van der Waals surface area contributed by atoms with Crippen LogP contribution in [0, 0.1) is 0 Å². The average molecular weight is 155 g/mol. The van der Waals surface area contributed by atoms with E-state index in [-0.39, 0.29) is 0 Å². The highest BCUT2D eigenvalue weighted by Gasteiger charge is 1.95. The Morgan fingerprint density at radius 1 is 1.82 bits per heavy atom. The standard InChI is InChI=1S/C6H9N3O2/c10-6(11)9-2-1-5-7-3-4-8-5/h3-4,9H,1-2H2,(H,7,8)(H,10,11). The van der Waals surface area contributed by atoms with Crippen LogP contribution in [0.5, 0.6) is 0 Å². The molecule has 0 aliphatic rings. The van der Waals surface area contributed by atoms with Gasteiger partial charge in [-0.2, -0.15) is 0 Å². The van der Waals surface area contributed by atoms with E-state index in [4.69, 9.17) is 5.11 Å². The molecule has 3 N–H and O–H groups in total. The zero-order valence-electron chi connectivity index (χ0n) is 5.87. The molecule has 60 valence electrons. The number of carboxylic acid groups (broad SMARTS) is 1. The van der Waals surface area contributed by atoms with Crippen LogP contribution in [-0.4, -0.2) is 27.7 Å². The Hall–Kier alpha value is -1.52.